The number of benzene rings is 1. The number of hydrogen-bond acceptors (Lipinski definition) is 10. The summed E-state index contributed by atoms with van der Waals surface area (Å²) in [6, 6.07) is 6.86. The third-order valence-corrected chi connectivity index (χ3v) is 6.48. The number of morpholine rings is 1. The molecule has 2 fully saturated rings. The normalized spacial score (nSPS) is 17.9. The van der Waals surface area contributed by atoms with Crippen molar-refractivity contribution < 1.29 is 21.9 Å². The average Bonchev–Trinajstić information content (AvgIpc) is 3.25. The smallest absolute Gasteiger partial charge is 0.296 e. The van der Waals surface area contributed by atoms with Crippen LogP contribution >= 0.6 is 0 Å². The van der Waals surface area contributed by atoms with E-state index in [1.807, 2.05) is 14.7 Å². The summed E-state index contributed by atoms with van der Waals surface area (Å²) in [4.78, 5) is 23.6. The third kappa shape index (κ3) is 4.65. The van der Waals surface area contributed by atoms with Gasteiger partial charge in [-0.15, -0.1) is 0 Å². The first-order valence-electron chi connectivity index (χ1n) is 10.9. The van der Waals surface area contributed by atoms with Crippen molar-refractivity contribution in [2.45, 2.75) is 6.43 Å². The Morgan fingerprint density at radius 2 is 1.47 bits per heavy atom. The number of nitrogens with zero attached hydrogens (tertiary/aromatic N) is 8. The number of halogens is 2. The van der Waals surface area contributed by atoms with E-state index in [4.69, 9.17) is 4.74 Å². The van der Waals surface area contributed by atoms with Crippen molar-refractivity contribution >= 4 is 33.6 Å². The molecule has 0 saturated carbocycles. The van der Waals surface area contributed by atoms with Crippen LogP contribution in [-0.4, -0.2) is 96.2 Å². The first kappa shape index (κ1) is 22.8. The van der Waals surface area contributed by atoms with Crippen LogP contribution in [0.5, 0.6) is 0 Å². The maximum absolute atomic E-state index is 14.0. The molecule has 182 valence electrons. The molecule has 4 heterocycles. The zero-order valence-corrected chi connectivity index (χ0v) is 19.2. The van der Waals surface area contributed by atoms with Gasteiger partial charge >= 0.3 is 0 Å². The molecule has 2 aliphatic rings. The minimum atomic E-state index is -2.82. The van der Waals surface area contributed by atoms with Crippen LogP contribution in [-0.2, 0) is 15.4 Å². The van der Waals surface area contributed by atoms with Crippen LogP contribution in [0.2, 0.25) is 0 Å². The van der Waals surface area contributed by atoms with Gasteiger partial charge in [0.25, 0.3) is 6.43 Å². The van der Waals surface area contributed by atoms with Gasteiger partial charge in [0.05, 0.1) is 30.1 Å². The molecule has 0 radical (unpaired) electrons. The fourth-order valence-corrected chi connectivity index (χ4v) is 4.75. The Kier molecular flexibility index (Phi) is 6.52. The Morgan fingerprint density at radius 1 is 0.853 bits per heavy atom. The number of hydrogen-bond donors (Lipinski definition) is 1. The molecular weight excluding hydrogens is 470 g/mol. The molecule has 0 amide bonds. The van der Waals surface area contributed by atoms with E-state index in [2.05, 4.69) is 19.9 Å². The summed E-state index contributed by atoms with van der Waals surface area (Å²) in [5, 5.41) is 0. The van der Waals surface area contributed by atoms with Crippen molar-refractivity contribution in [3.63, 3.8) is 0 Å². The Morgan fingerprint density at radius 3 is 2.12 bits per heavy atom. The lowest BCUT2D eigenvalue weighted by atomic mass is 10.3. The van der Waals surface area contributed by atoms with E-state index in [0.29, 0.717) is 75.4 Å². The maximum atomic E-state index is 14.0. The number of piperazine rings is 1. The number of alkyl halides is 2. The van der Waals surface area contributed by atoms with Gasteiger partial charge in [0.2, 0.25) is 17.8 Å². The molecule has 14 heteroatoms. The van der Waals surface area contributed by atoms with E-state index in [1.54, 1.807) is 24.3 Å². The van der Waals surface area contributed by atoms with Gasteiger partial charge in [0.1, 0.15) is 0 Å². The molecular formula is C20H24F2N8O3S. The fraction of sp³-hybridized carbons (Fsp3) is 0.500. The monoisotopic (exact) mass is 494 g/mol. The Balaban J connectivity index is 1.57. The molecule has 0 atom stereocenters. The van der Waals surface area contributed by atoms with Crippen LogP contribution in [0.1, 0.15) is 12.2 Å². The van der Waals surface area contributed by atoms with Crippen molar-refractivity contribution in [1.29, 1.82) is 0 Å². The van der Waals surface area contributed by atoms with E-state index in [9.17, 15) is 17.2 Å². The van der Waals surface area contributed by atoms with E-state index in [1.165, 1.54) is 4.57 Å². The topological polar surface area (TPSA) is 110 Å². The van der Waals surface area contributed by atoms with Crippen LogP contribution in [0.3, 0.4) is 0 Å². The number of rotatable bonds is 6. The van der Waals surface area contributed by atoms with Gasteiger partial charge in [-0.2, -0.15) is 15.0 Å². The fourth-order valence-electron chi connectivity index (χ4n) is 4.14. The molecule has 2 aliphatic heterocycles. The van der Waals surface area contributed by atoms with E-state index in [0.717, 1.165) is 0 Å². The standard InChI is InChI=1S/C20H24F2N8O3S/c21-16(22)17-23-14-3-1-2-4-15(14)30(17)20-25-18(24-19(26-20)29-9-11-33-12-10-29)28-7-5-27(6-8-28)13-34(31)32/h1-4,16,34H,5-13H2. The van der Waals surface area contributed by atoms with E-state index < -0.39 is 23.0 Å². The number of anilines is 2. The van der Waals surface area contributed by atoms with Crippen LogP contribution < -0.4 is 9.80 Å². The second kappa shape index (κ2) is 9.72. The predicted octanol–water partition coefficient (Wildman–Crippen LogP) is 0.676. The quantitative estimate of drug-likeness (QED) is 0.491. The van der Waals surface area contributed by atoms with Gasteiger partial charge in [0, 0.05) is 39.3 Å². The Hall–Kier alpha value is -2.97. The number of para-hydroxylation sites is 2. The lowest BCUT2D eigenvalue weighted by molar-refractivity contribution is 0.122. The predicted molar refractivity (Wildman–Crippen MR) is 121 cm³/mol. The van der Waals surface area contributed by atoms with Crippen molar-refractivity contribution in [1.82, 2.24) is 29.4 Å². The van der Waals surface area contributed by atoms with Crippen LogP contribution in [0, 0.1) is 0 Å². The lowest BCUT2D eigenvalue weighted by Gasteiger charge is -2.34. The van der Waals surface area contributed by atoms with Crippen molar-refractivity contribution in [2.24, 2.45) is 0 Å². The first-order chi connectivity index (χ1) is 16.5. The summed E-state index contributed by atoms with van der Waals surface area (Å²) in [6.07, 6.45) is -2.82. The molecule has 0 bridgehead atoms. The zero-order chi connectivity index (χ0) is 23.7. The second-order valence-corrected chi connectivity index (χ2v) is 8.96. The van der Waals surface area contributed by atoms with Gasteiger partial charge in [-0.05, 0) is 12.1 Å². The average molecular weight is 495 g/mol. The first-order valence-corrected chi connectivity index (χ1v) is 12.3. The largest absolute Gasteiger partial charge is 0.378 e. The molecule has 34 heavy (non-hydrogen) atoms. The van der Waals surface area contributed by atoms with Crippen LogP contribution in [0.15, 0.2) is 24.3 Å². The number of fused-ring (bicyclic) bond motifs is 1. The molecule has 3 aromatic rings. The molecule has 2 aromatic heterocycles. The van der Waals surface area contributed by atoms with Crippen molar-refractivity contribution in [3.05, 3.63) is 30.1 Å². The highest BCUT2D eigenvalue weighted by Gasteiger charge is 2.26. The molecule has 0 N–H and O–H groups in total. The minimum Gasteiger partial charge on any atom is -0.378 e. The van der Waals surface area contributed by atoms with E-state index >= 15 is 0 Å². The Bertz CT molecular complexity index is 1230. The minimum absolute atomic E-state index is 0.00340. The highest BCUT2D eigenvalue weighted by molar-refractivity contribution is 7.72. The van der Waals surface area contributed by atoms with Gasteiger partial charge in [0.15, 0.2) is 16.5 Å². The maximum Gasteiger partial charge on any atom is 0.296 e. The number of imidazole rings is 1. The zero-order valence-electron chi connectivity index (χ0n) is 18.3. The number of ether oxygens (including phenoxy) is 1. The molecule has 5 rings (SSSR count). The molecule has 0 aliphatic carbocycles. The summed E-state index contributed by atoms with van der Waals surface area (Å²) in [5.74, 6) is 0.376. The van der Waals surface area contributed by atoms with E-state index in [-0.39, 0.29) is 11.8 Å². The highest BCUT2D eigenvalue weighted by Crippen LogP contribution is 2.28. The van der Waals surface area contributed by atoms with Crippen molar-refractivity contribution in [3.8, 4) is 5.95 Å². The van der Waals surface area contributed by atoms with Crippen LogP contribution in [0.4, 0.5) is 20.7 Å². The molecule has 2 saturated heterocycles. The summed E-state index contributed by atoms with van der Waals surface area (Å²) < 4.78 is 56.8. The highest BCUT2D eigenvalue weighted by atomic mass is 32.2. The summed E-state index contributed by atoms with van der Waals surface area (Å²) in [7, 11) is -2.50. The Labute approximate surface area is 195 Å². The molecule has 11 nitrogen and oxygen atoms in total. The molecule has 1 aromatic carbocycles. The number of thiol groups is 1. The van der Waals surface area contributed by atoms with Gasteiger partial charge in [-0.3, -0.25) is 9.47 Å². The third-order valence-electron chi connectivity index (χ3n) is 5.85. The summed E-state index contributed by atoms with van der Waals surface area (Å²) in [5.41, 5.74) is 0.903. The van der Waals surface area contributed by atoms with Gasteiger partial charge < -0.3 is 14.5 Å². The molecule has 0 unspecified atom stereocenters. The van der Waals surface area contributed by atoms with Crippen molar-refractivity contribution in [2.75, 3.05) is 68.2 Å². The van der Waals surface area contributed by atoms with Crippen LogP contribution in [0.25, 0.3) is 17.0 Å². The number of aromatic nitrogens is 5. The van der Waals surface area contributed by atoms with Gasteiger partial charge in [-0.25, -0.2) is 22.2 Å². The summed E-state index contributed by atoms with van der Waals surface area (Å²) in [6.45, 7) is 4.21. The summed E-state index contributed by atoms with van der Waals surface area (Å²) >= 11 is 0. The second-order valence-electron chi connectivity index (χ2n) is 8.01. The van der Waals surface area contributed by atoms with Gasteiger partial charge in [-0.1, -0.05) is 12.1 Å². The molecule has 0 spiro atoms. The SMILES string of the molecule is O=[SH](=O)CN1CCN(c2nc(N3CCOCC3)nc(-n3c(C(F)F)nc4ccccc43)n2)CC1. The lowest BCUT2D eigenvalue weighted by Crippen LogP contribution is -2.47.